The molecule has 2 aromatic heterocycles. The third-order valence-corrected chi connectivity index (χ3v) is 4.03. The molecular formula is C14H17F2N3OS. The molecule has 1 N–H and O–H groups in total. The number of alkyl halides is 2. The third kappa shape index (κ3) is 3.47. The van der Waals surface area contributed by atoms with Crippen molar-refractivity contribution in [3.8, 4) is 11.3 Å². The summed E-state index contributed by atoms with van der Waals surface area (Å²) in [5.74, 6) is -3.49. The fourth-order valence-electron chi connectivity index (χ4n) is 1.82. The predicted octanol–water partition coefficient (Wildman–Crippen LogP) is 3.23. The number of halogens is 2. The summed E-state index contributed by atoms with van der Waals surface area (Å²) in [4.78, 5) is 16.4. The largest absolute Gasteiger partial charge is 0.346 e. The Kier molecular flexibility index (Phi) is 4.13. The molecule has 21 heavy (non-hydrogen) atoms. The van der Waals surface area contributed by atoms with E-state index in [2.05, 4.69) is 10.3 Å². The molecule has 0 saturated heterocycles. The van der Waals surface area contributed by atoms with Crippen LogP contribution in [0.15, 0.2) is 17.6 Å². The van der Waals surface area contributed by atoms with Crippen LogP contribution in [0.25, 0.3) is 11.3 Å². The number of rotatable bonds is 4. The van der Waals surface area contributed by atoms with E-state index in [0.29, 0.717) is 5.69 Å². The normalized spacial score (nSPS) is 13.2. The van der Waals surface area contributed by atoms with Gasteiger partial charge in [-0.2, -0.15) is 0 Å². The zero-order valence-electron chi connectivity index (χ0n) is 12.3. The Balaban J connectivity index is 2.21. The molecular weight excluding hydrogens is 296 g/mol. The molecule has 0 radical (unpaired) electrons. The van der Waals surface area contributed by atoms with Crippen molar-refractivity contribution in [1.29, 1.82) is 0 Å². The summed E-state index contributed by atoms with van der Waals surface area (Å²) in [5.41, 5.74) is 1.90. The van der Waals surface area contributed by atoms with Gasteiger partial charge >= 0.3 is 0 Å². The van der Waals surface area contributed by atoms with Crippen LogP contribution < -0.4 is 5.32 Å². The van der Waals surface area contributed by atoms with Crippen molar-refractivity contribution >= 4 is 17.2 Å². The van der Waals surface area contributed by atoms with Gasteiger partial charge in [-0.1, -0.05) is 0 Å². The van der Waals surface area contributed by atoms with Gasteiger partial charge in [-0.25, -0.2) is 13.8 Å². The summed E-state index contributed by atoms with van der Waals surface area (Å²) in [6.07, 6.45) is 1.76. The number of aryl methyl sites for hydroxylation is 2. The highest BCUT2D eigenvalue weighted by atomic mass is 32.1. The average molecular weight is 313 g/mol. The minimum atomic E-state index is -2.96. The molecule has 2 rings (SSSR count). The summed E-state index contributed by atoms with van der Waals surface area (Å²) < 4.78 is 27.9. The predicted molar refractivity (Wildman–Crippen MR) is 78.8 cm³/mol. The molecule has 0 aliphatic rings. The highest BCUT2D eigenvalue weighted by molar-refractivity contribution is 7.09. The molecule has 1 atom stereocenters. The van der Waals surface area contributed by atoms with Crippen molar-refractivity contribution in [2.75, 3.05) is 0 Å². The lowest BCUT2D eigenvalue weighted by atomic mass is 10.2. The van der Waals surface area contributed by atoms with Gasteiger partial charge < -0.3 is 9.88 Å². The molecule has 0 aliphatic heterocycles. The fraction of sp³-hybridized carbons (Fsp3) is 0.429. The standard InChI is InChI=1S/C14H17F2N3OS/c1-8(14(3,15)16)17-13(20)12-5-10(6-19(12)4)11-7-21-9(2)18-11/h5-8H,1-4H3,(H,17,20). The first kappa shape index (κ1) is 15.6. The van der Waals surface area contributed by atoms with Crippen molar-refractivity contribution in [3.05, 3.63) is 28.3 Å². The van der Waals surface area contributed by atoms with Crippen molar-refractivity contribution in [1.82, 2.24) is 14.9 Å². The molecule has 0 aliphatic carbocycles. The number of carbonyl (C=O) groups is 1. The Morgan fingerprint density at radius 3 is 2.71 bits per heavy atom. The van der Waals surface area contributed by atoms with E-state index in [1.807, 2.05) is 12.3 Å². The lowest BCUT2D eigenvalue weighted by Gasteiger charge is -2.20. The second-order valence-electron chi connectivity index (χ2n) is 5.13. The Morgan fingerprint density at radius 2 is 2.19 bits per heavy atom. The molecule has 2 heterocycles. The number of aromatic nitrogens is 2. The number of nitrogens with one attached hydrogen (secondary N) is 1. The highest BCUT2D eigenvalue weighted by Gasteiger charge is 2.32. The van der Waals surface area contributed by atoms with Gasteiger partial charge in [0.1, 0.15) is 5.69 Å². The van der Waals surface area contributed by atoms with Gasteiger partial charge in [-0.05, 0) is 19.9 Å². The minimum absolute atomic E-state index is 0.326. The van der Waals surface area contributed by atoms with E-state index in [1.165, 1.54) is 18.3 Å². The van der Waals surface area contributed by atoms with Crippen molar-refractivity contribution in [2.24, 2.45) is 7.05 Å². The molecule has 0 spiro atoms. The zero-order valence-corrected chi connectivity index (χ0v) is 13.1. The molecule has 1 amide bonds. The maximum Gasteiger partial charge on any atom is 0.268 e. The number of carbonyl (C=O) groups excluding carboxylic acids is 1. The van der Waals surface area contributed by atoms with Crippen LogP contribution in [0.4, 0.5) is 8.78 Å². The monoisotopic (exact) mass is 313 g/mol. The van der Waals surface area contributed by atoms with Crippen LogP contribution in [0, 0.1) is 6.92 Å². The van der Waals surface area contributed by atoms with Gasteiger partial charge in [-0.3, -0.25) is 4.79 Å². The van der Waals surface area contributed by atoms with E-state index in [0.717, 1.165) is 23.2 Å². The van der Waals surface area contributed by atoms with E-state index in [9.17, 15) is 13.6 Å². The van der Waals surface area contributed by atoms with Crippen LogP contribution in [0.5, 0.6) is 0 Å². The van der Waals surface area contributed by atoms with Crippen LogP contribution in [-0.4, -0.2) is 27.4 Å². The van der Waals surface area contributed by atoms with Gasteiger partial charge in [0.2, 0.25) is 0 Å². The SMILES string of the molecule is Cc1nc(-c2cc(C(=O)NC(C)C(C)(F)F)n(C)c2)cs1. The lowest BCUT2D eigenvalue weighted by molar-refractivity contribution is -0.0109. The quantitative estimate of drug-likeness (QED) is 0.942. The topological polar surface area (TPSA) is 46.9 Å². The number of amides is 1. The number of nitrogens with zero attached hydrogens (tertiary/aromatic N) is 2. The van der Waals surface area contributed by atoms with Crippen molar-refractivity contribution < 1.29 is 13.6 Å². The van der Waals surface area contributed by atoms with Crippen LogP contribution in [0.1, 0.15) is 29.3 Å². The van der Waals surface area contributed by atoms with E-state index >= 15 is 0 Å². The first-order chi connectivity index (χ1) is 9.68. The molecule has 0 bridgehead atoms. The summed E-state index contributed by atoms with van der Waals surface area (Å²) in [6, 6.07) is 0.425. The van der Waals surface area contributed by atoms with Gasteiger partial charge in [0.25, 0.3) is 11.8 Å². The smallest absolute Gasteiger partial charge is 0.268 e. The zero-order chi connectivity index (χ0) is 15.8. The van der Waals surface area contributed by atoms with Gasteiger partial charge in [0.05, 0.1) is 16.7 Å². The fourth-order valence-corrected chi connectivity index (χ4v) is 2.45. The molecule has 1 unspecified atom stereocenters. The summed E-state index contributed by atoms with van der Waals surface area (Å²) >= 11 is 1.52. The third-order valence-electron chi connectivity index (χ3n) is 3.26. The second-order valence-corrected chi connectivity index (χ2v) is 6.19. The van der Waals surface area contributed by atoms with E-state index < -0.39 is 17.9 Å². The molecule has 2 aromatic rings. The summed E-state index contributed by atoms with van der Waals surface area (Å²) in [7, 11) is 1.70. The minimum Gasteiger partial charge on any atom is -0.346 e. The van der Waals surface area contributed by atoms with Gasteiger partial charge in [-0.15, -0.1) is 11.3 Å². The van der Waals surface area contributed by atoms with Crippen LogP contribution >= 0.6 is 11.3 Å². The van der Waals surface area contributed by atoms with Gasteiger partial charge in [0, 0.05) is 31.1 Å². The number of thiazole rings is 1. The molecule has 4 nitrogen and oxygen atoms in total. The number of hydrogen-bond donors (Lipinski definition) is 1. The van der Waals surface area contributed by atoms with E-state index in [4.69, 9.17) is 0 Å². The lowest BCUT2D eigenvalue weighted by Crippen LogP contribution is -2.44. The highest BCUT2D eigenvalue weighted by Crippen LogP contribution is 2.24. The van der Waals surface area contributed by atoms with Crippen molar-refractivity contribution in [3.63, 3.8) is 0 Å². The van der Waals surface area contributed by atoms with E-state index in [1.54, 1.807) is 23.9 Å². The maximum atomic E-state index is 13.1. The second kappa shape index (κ2) is 5.55. The molecule has 7 heteroatoms. The Labute approximate surface area is 125 Å². The first-order valence-corrected chi connectivity index (χ1v) is 7.34. The maximum absolute atomic E-state index is 13.1. The van der Waals surface area contributed by atoms with Crippen molar-refractivity contribution in [2.45, 2.75) is 32.7 Å². The Morgan fingerprint density at radius 1 is 1.52 bits per heavy atom. The molecule has 0 fully saturated rings. The molecule has 0 saturated carbocycles. The number of hydrogen-bond acceptors (Lipinski definition) is 3. The Hall–Kier alpha value is -1.76. The van der Waals surface area contributed by atoms with E-state index in [-0.39, 0.29) is 0 Å². The van der Waals surface area contributed by atoms with Crippen LogP contribution in [-0.2, 0) is 7.05 Å². The summed E-state index contributed by atoms with van der Waals surface area (Å²) in [5, 5.41) is 5.15. The first-order valence-electron chi connectivity index (χ1n) is 6.46. The summed E-state index contributed by atoms with van der Waals surface area (Å²) in [6.45, 7) is 3.97. The van der Waals surface area contributed by atoms with Gasteiger partial charge in [0.15, 0.2) is 0 Å². The Bertz CT molecular complexity index is 657. The molecule has 114 valence electrons. The average Bonchev–Trinajstić information content (AvgIpc) is 2.94. The van der Waals surface area contributed by atoms with Crippen LogP contribution in [0.2, 0.25) is 0 Å². The van der Waals surface area contributed by atoms with Crippen LogP contribution in [0.3, 0.4) is 0 Å². The molecule has 0 aromatic carbocycles.